The van der Waals surface area contributed by atoms with Gasteiger partial charge in [0.2, 0.25) is 0 Å². The molecule has 2 rings (SSSR count). The van der Waals surface area contributed by atoms with Gasteiger partial charge in [0.25, 0.3) is 0 Å². The SMILES string of the molecule is CC1CCCCC1Nc1cc(Br)cc(C(=O)O)c1. The summed E-state index contributed by atoms with van der Waals surface area (Å²) in [5, 5.41) is 12.5. The Hall–Kier alpha value is -1.03. The molecule has 2 atom stereocenters. The molecule has 1 aliphatic carbocycles. The Bertz CT molecular complexity index is 447. The molecule has 1 aliphatic rings. The lowest BCUT2D eigenvalue weighted by molar-refractivity contribution is 0.0697. The molecule has 3 nitrogen and oxygen atoms in total. The molecule has 0 bridgehead atoms. The summed E-state index contributed by atoms with van der Waals surface area (Å²) < 4.78 is 0.799. The van der Waals surface area contributed by atoms with E-state index in [1.54, 1.807) is 12.1 Å². The molecule has 2 N–H and O–H groups in total. The number of carboxylic acid groups (broad SMARTS) is 1. The zero-order valence-corrected chi connectivity index (χ0v) is 12.0. The van der Waals surface area contributed by atoms with Crippen LogP contribution in [0.1, 0.15) is 43.0 Å². The first kappa shape index (κ1) is 13.4. The van der Waals surface area contributed by atoms with Gasteiger partial charge in [0.05, 0.1) is 5.56 Å². The van der Waals surface area contributed by atoms with Gasteiger partial charge in [0.15, 0.2) is 0 Å². The molecule has 18 heavy (non-hydrogen) atoms. The lowest BCUT2D eigenvalue weighted by Crippen LogP contribution is -2.30. The Morgan fingerprint density at radius 2 is 2.06 bits per heavy atom. The second kappa shape index (κ2) is 5.74. The molecular weight excluding hydrogens is 294 g/mol. The highest BCUT2D eigenvalue weighted by atomic mass is 79.9. The van der Waals surface area contributed by atoms with Crippen molar-refractivity contribution in [1.82, 2.24) is 0 Å². The van der Waals surface area contributed by atoms with Crippen molar-refractivity contribution >= 4 is 27.6 Å². The molecule has 1 aromatic carbocycles. The Labute approximate surface area is 116 Å². The molecule has 0 amide bonds. The third-order valence-corrected chi connectivity index (χ3v) is 4.07. The van der Waals surface area contributed by atoms with Crippen molar-refractivity contribution in [3.8, 4) is 0 Å². The summed E-state index contributed by atoms with van der Waals surface area (Å²) in [6, 6.07) is 5.72. The summed E-state index contributed by atoms with van der Waals surface area (Å²) in [6.07, 6.45) is 4.97. The highest BCUT2D eigenvalue weighted by molar-refractivity contribution is 9.10. The van der Waals surface area contributed by atoms with E-state index in [0.29, 0.717) is 17.5 Å². The Kier molecular flexibility index (Phi) is 4.27. The first-order valence-electron chi connectivity index (χ1n) is 6.36. The summed E-state index contributed by atoms with van der Waals surface area (Å²) >= 11 is 3.36. The van der Waals surface area contributed by atoms with Gasteiger partial charge < -0.3 is 10.4 Å². The highest BCUT2D eigenvalue weighted by Crippen LogP contribution is 2.28. The van der Waals surface area contributed by atoms with Gasteiger partial charge >= 0.3 is 5.97 Å². The number of nitrogens with one attached hydrogen (secondary N) is 1. The maximum Gasteiger partial charge on any atom is 0.335 e. The minimum atomic E-state index is -0.893. The lowest BCUT2D eigenvalue weighted by atomic mass is 9.86. The maximum atomic E-state index is 11.0. The predicted molar refractivity (Wildman–Crippen MR) is 76.1 cm³/mol. The van der Waals surface area contributed by atoms with Crippen LogP contribution in [0.25, 0.3) is 0 Å². The second-order valence-electron chi connectivity index (χ2n) is 5.05. The molecule has 0 spiro atoms. The van der Waals surface area contributed by atoms with Gasteiger partial charge in [-0.1, -0.05) is 35.7 Å². The van der Waals surface area contributed by atoms with Crippen molar-refractivity contribution in [2.24, 2.45) is 5.92 Å². The molecule has 0 heterocycles. The number of benzene rings is 1. The van der Waals surface area contributed by atoms with Crippen LogP contribution in [-0.2, 0) is 0 Å². The van der Waals surface area contributed by atoms with Crippen molar-refractivity contribution in [2.75, 3.05) is 5.32 Å². The fourth-order valence-corrected chi connectivity index (χ4v) is 3.03. The topological polar surface area (TPSA) is 49.3 Å². The average Bonchev–Trinajstić information content (AvgIpc) is 2.31. The summed E-state index contributed by atoms with van der Waals surface area (Å²) in [5.74, 6) is -0.248. The summed E-state index contributed by atoms with van der Waals surface area (Å²) in [7, 11) is 0. The van der Waals surface area contributed by atoms with E-state index >= 15 is 0 Å². The minimum Gasteiger partial charge on any atom is -0.478 e. The van der Waals surface area contributed by atoms with Crippen molar-refractivity contribution < 1.29 is 9.90 Å². The van der Waals surface area contributed by atoms with Crippen LogP contribution in [0.2, 0.25) is 0 Å². The number of rotatable bonds is 3. The van der Waals surface area contributed by atoms with Crippen LogP contribution >= 0.6 is 15.9 Å². The minimum absolute atomic E-state index is 0.315. The summed E-state index contributed by atoms with van der Waals surface area (Å²) in [4.78, 5) is 11.0. The number of anilines is 1. The van der Waals surface area contributed by atoms with E-state index in [1.807, 2.05) is 6.07 Å². The van der Waals surface area contributed by atoms with E-state index in [4.69, 9.17) is 5.11 Å². The number of halogens is 1. The van der Waals surface area contributed by atoms with Crippen LogP contribution in [-0.4, -0.2) is 17.1 Å². The van der Waals surface area contributed by atoms with Gasteiger partial charge in [-0.25, -0.2) is 4.79 Å². The number of hydrogen-bond donors (Lipinski definition) is 2. The summed E-state index contributed by atoms with van der Waals surface area (Å²) in [5.41, 5.74) is 1.20. The molecule has 0 aromatic heterocycles. The number of carboxylic acids is 1. The van der Waals surface area contributed by atoms with Crippen LogP contribution in [0.15, 0.2) is 22.7 Å². The van der Waals surface area contributed by atoms with E-state index in [0.717, 1.165) is 16.6 Å². The van der Waals surface area contributed by atoms with E-state index in [9.17, 15) is 4.79 Å². The largest absolute Gasteiger partial charge is 0.478 e. The molecule has 2 unspecified atom stereocenters. The number of hydrogen-bond acceptors (Lipinski definition) is 2. The van der Waals surface area contributed by atoms with Crippen molar-refractivity contribution in [3.63, 3.8) is 0 Å². The Morgan fingerprint density at radius 1 is 1.33 bits per heavy atom. The van der Waals surface area contributed by atoms with Crippen LogP contribution in [0.5, 0.6) is 0 Å². The van der Waals surface area contributed by atoms with E-state index in [1.165, 1.54) is 19.3 Å². The Morgan fingerprint density at radius 3 is 2.72 bits per heavy atom. The summed E-state index contributed by atoms with van der Waals surface area (Å²) in [6.45, 7) is 2.26. The molecule has 1 saturated carbocycles. The molecule has 0 aliphatic heterocycles. The second-order valence-corrected chi connectivity index (χ2v) is 5.96. The van der Waals surface area contributed by atoms with Gasteiger partial charge in [-0.3, -0.25) is 0 Å². The Balaban J connectivity index is 2.15. The fraction of sp³-hybridized carbons (Fsp3) is 0.500. The van der Waals surface area contributed by atoms with Gasteiger partial charge in [0.1, 0.15) is 0 Å². The lowest BCUT2D eigenvalue weighted by Gasteiger charge is -2.30. The molecule has 4 heteroatoms. The van der Waals surface area contributed by atoms with E-state index in [2.05, 4.69) is 28.2 Å². The van der Waals surface area contributed by atoms with Gasteiger partial charge in [-0.05, 0) is 37.0 Å². The van der Waals surface area contributed by atoms with Crippen molar-refractivity contribution in [2.45, 2.75) is 38.6 Å². The molecule has 98 valence electrons. The van der Waals surface area contributed by atoms with Crippen LogP contribution in [0, 0.1) is 5.92 Å². The monoisotopic (exact) mass is 311 g/mol. The van der Waals surface area contributed by atoms with Crippen molar-refractivity contribution in [1.29, 1.82) is 0 Å². The third-order valence-electron chi connectivity index (χ3n) is 3.61. The standard InChI is InChI=1S/C14H18BrNO2/c1-9-4-2-3-5-13(9)16-12-7-10(14(17)18)6-11(15)8-12/h6-9,13,16H,2-5H2,1H3,(H,17,18). The van der Waals surface area contributed by atoms with Gasteiger partial charge in [0, 0.05) is 16.2 Å². The number of aromatic carboxylic acids is 1. The average molecular weight is 312 g/mol. The zero-order valence-electron chi connectivity index (χ0n) is 10.4. The van der Waals surface area contributed by atoms with Gasteiger partial charge in [-0.2, -0.15) is 0 Å². The molecule has 1 aromatic rings. The molecule has 1 fully saturated rings. The maximum absolute atomic E-state index is 11.0. The van der Waals surface area contributed by atoms with Crippen LogP contribution in [0.3, 0.4) is 0 Å². The molecular formula is C14H18BrNO2. The zero-order chi connectivity index (χ0) is 13.1. The molecule has 0 saturated heterocycles. The van der Waals surface area contributed by atoms with Crippen molar-refractivity contribution in [3.05, 3.63) is 28.2 Å². The van der Waals surface area contributed by atoms with Crippen LogP contribution in [0.4, 0.5) is 5.69 Å². The first-order valence-corrected chi connectivity index (χ1v) is 7.16. The van der Waals surface area contributed by atoms with E-state index in [-0.39, 0.29) is 0 Å². The predicted octanol–water partition coefficient (Wildman–Crippen LogP) is 4.14. The molecule has 0 radical (unpaired) electrons. The van der Waals surface area contributed by atoms with Crippen LogP contribution < -0.4 is 5.32 Å². The number of carbonyl (C=O) groups is 1. The van der Waals surface area contributed by atoms with Gasteiger partial charge in [-0.15, -0.1) is 0 Å². The highest BCUT2D eigenvalue weighted by Gasteiger charge is 2.21. The van der Waals surface area contributed by atoms with E-state index < -0.39 is 5.97 Å². The third kappa shape index (κ3) is 3.25. The smallest absolute Gasteiger partial charge is 0.335 e. The normalized spacial score (nSPS) is 23.7. The fourth-order valence-electron chi connectivity index (χ4n) is 2.54. The first-order chi connectivity index (χ1) is 8.56. The quantitative estimate of drug-likeness (QED) is 0.882.